The summed E-state index contributed by atoms with van der Waals surface area (Å²) in [6, 6.07) is 9.39. The molecule has 0 unspecified atom stereocenters. The van der Waals surface area contributed by atoms with E-state index in [1.165, 1.54) is 19.2 Å². The number of hydrogen-bond acceptors (Lipinski definition) is 7. The predicted octanol–water partition coefficient (Wildman–Crippen LogP) is 3.06. The van der Waals surface area contributed by atoms with Gasteiger partial charge in [-0.05, 0) is 40.2 Å². The molecule has 1 N–H and O–H groups in total. The zero-order valence-electron chi connectivity index (χ0n) is 14.3. The van der Waals surface area contributed by atoms with Crippen LogP contribution in [0.2, 0.25) is 0 Å². The number of halogens is 1. The Balaban J connectivity index is 2.31. The molecule has 9 nitrogen and oxygen atoms in total. The zero-order chi connectivity index (χ0) is 20.0. The fourth-order valence-electron chi connectivity index (χ4n) is 2.16. The van der Waals surface area contributed by atoms with E-state index in [0.29, 0.717) is 10.0 Å². The maximum atomic E-state index is 12.1. The van der Waals surface area contributed by atoms with Crippen LogP contribution in [0, 0.1) is 10.1 Å². The number of ether oxygens (including phenoxy) is 2. The van der Waals surface area contributed by atoms with Crippen molar-refractivity contribution in [1.82, 2.24) is 5.43 Å². The number of rotatable bonds is 6. The van der Waals surface area contributed by atoms with Gasteiger partial charge >= 0.3 is 11.7 Å². The number of hydrogen-bond donors (Lipinski definition) is 1. The molecule has 0 heterocycles. The Morgan fingerprint density at radius 3 is 2.56 bits per heavy atom. The third kappa shape index (κ3) is 4.88. The summed E-state index contributed by atoms with van der Waals surface area (Å²) in [6.45, 7) is 1.16. The Labute approximate surface area is 162 Å². The van der Waals surface area contributed by atoms with Crippen LogP contribution < -0.4 is 14.9 Å². The van der Waals surface area contributed by atoms with Gasteiger partial charge in [-0.25, -0.2) is 5.43 Å². The average Bonchev–Trinajstić information content (AvgIpc) is 2.61. The maximum absolute atomic E-state index is 12.1. The molecule has 0 spiro atoms. The van der Waals surface area contributed by atoms with Crippen molar-refractivity contribution in [1.29, 1.82) is 0 Å². The van der Waals surface area contributed by atoms with Crippen molar-refractivity contribution in [3.8, 4) is 11.5 Å². The number of methoxy groups -OCH3 is 1. The zero-order valence-corrected chi connectivity index (χ0v) is 15.8. The predicted molar refractivity (Wildman–Crippen MR) is 100 cm³/mol. The van der Waals surface area contributed by atoms with E-state index in [2.05, 4.69) is 26.5 Å². The monoisotopic (exact) mass is 435 g/mol. The van der Waals surface area contributed by atoms with E-state index < -0.39 is 22.5 Å². The van der Waals surface area contributed by atoms with Gasteiger partial charge in [0.25, 0.3) is 5.91 Å². The molecule has 27 heavy (non-hydrogen) atoms. The smallest absolute Gasteiger partial charge is 0.323 e. The molecule has 0 fully saturated rings. The molecule has 10 heteroatoms. The Hall–Kier alpha value is -3.27. The molecular weight excluding hydrogens is 422 g/mol. The van der Waals surface area contributed by atoms with E-state index in [-0.39, 0.29) is 17.1 Å². The standard InChI is InChI=1S/C17H14BrN3O6/c1-10(22)27-14-8-7-11(15(21(24)25)16(14)26-2)9-19-20-17(23)12-5-3-4-6-13(12)18/h3-9H,1-2H3,(H,20,23)/b19-9-. The number of amides is 1. The van der Waals surface area contributed by atoms with Gasteiger partial charge in [-0.15, -0.1) is 0 Å². The lowest BCUT2D eigenvalue weighted by atomic mass is 10.1. The number of carbonyl (C=O) groups excluding carboxylic acids is 2. The number of nitro groups is 1. The second-order valence-corrected chi connectivity index (χ2v) is 5.92. The van der Waals surface area contributed by atoms with Crippen LogP contribution in [0.3, 0.4) is 0 Å². The summed E-state index contributed by atoms with van der Waals surface area (Å²) in [5.41, 5.74) is 2.25. The first-order valence-electron chi connectivity index (χ1n) is 7.47. The van der Waals surface area contributed by atoms with Crippen LogP contribution in [-0.2, 0) is 4.79 Å². The molecule has 2 aromatic rings. The number of nitro benzene ring substituents is 1. The number of nitrogens with zero attached hydrogens (tertiary/aromatic N) is 2. The van der Waals surface area contributed by atoms with Crippen molar-refractivity contribution in [3.05, 3.63) is 62.1 Å². The first kappa shape index (κ1) is 20.0. The SMILES string of the molecule is COc1c(OC(C)=O)ccc(/C=N\NC(=O)c2ccccc2Br)c1[N+](=O)[O-]. The Morgan fingerprint density at radius 1 is 1.26 bits per heavy atom. The van der Waals surface area contributed by atoms with Crippen molar-refractivity contribution in [3.63, 3.8) is 0 Å². The Morgan fingerprint density at radius 2 is 1.96 bits per heavy atom. The summed E-state index contributed by atoms with van der Waals surface area (Å²) >= 11 is 3.25. The highest BCUT2D eigenvalue weighted by molar-refractivity contribution is 9.10. The lowest BCUT2D eigenvalue weighted by molar-refractivity contribution is -0.385. The molecule has 0 aliphatic carbocycles. The van der Waals surface area contributed by atoms with Gasteiger partial charge in [0.2, 0.25) is 5.75 Å². The first-order chi connectivity index (χ1) is 12.8. The van der Waals surface area contributed by atoms with E-state index in [1.807, 2.05) is 0 Å². The van der Waals surface area contributed by atoms with Crippen LogP contribution in [0.5, 0.6) is 11.5 Å². The van der Waals surface area contributed by atoms with Gasteiger partial charge in [0.05, 0.1) is 29.4 Å². The minimum absolute atomic E-state index is 0.0557. The number of benzene rings is 2. The van der Waals surface area contributed by atoms with Crippen molar-refractivity contribution in [2.45, 2.75) is 6.92 Å². The largest absolute Gasteiger partial charge is 0.488 e. The highest BCUT2D eigenvalue weighted by atomic mass is 79.9. The quantitative estimate of drug-likeness (QED) is 0.244. The van der Waals surface area contributed by atoms with Gasteiger partial charge in [-0.1, -0.05) is 12.1 Å². The maximum Gasteiger partial charge on any atom is 0.323 e. The molecule has 0 radical (unpaired) electrons. The highest BCUT2D eigenvalue weighted by Crippen LogP contribution is 2.39. The van der Waals surface area contributed by atoms with E-state index in [0.717, 1.165) is 13.1 Å². The summed E-state index contributed by atoms with van der Waals surface area (Å²) < 4.78 is 10.5. The molecule has 1 amide bonds. The molecule has 0 aliphatic heterocycles. The summed E-state index contributed by atoms with van der Waals surface area (Å²) in [5.74, 6) is -1.46. The van der Waals surface area contributed by atoms with Gasteiger partial charge < -0.3 is 9.47 Å². The van der Waals surface area contributed by atoms with E-state index in [1.54, 1.807) is 24.3 Å². The van der Waals surface area contributed by atoms with Gasteiger partial charge in [0, 0.05) is 11.4 Å². The molecule has 0 saturated carbocycles. The number of esters is 1. The fourth-order valence-corrected chi connectivity index (χ4v) is 2.62. The van der Waals surface area contributed by atoms with E-state index in [4.69, 9.17) is 9.47 Å². The first-order valence-corrected chi connectivity index (χ1v) is 8.26. The van der Waals surface area contributed by atoms with Crippen LogP contribution in [0.4, 0.5) is 5.69 Å². The second kappa shape index (κ2) is 8.90. The number of nitrogens with one attached hydrogen (secondary N) is 1. The number of hydrazone groups is 1. The molecule has 0 aliphatic rings. The van der Waals surface area contributed by atoms with Gasteiger partial charge in [0.15, 0.2) is 5.75 Å². The summed E-state index contributed by atoms with van der Waals surface area (Å²) in [5, 5.41) is 15.2. The lowest BCUT2D eigenvalue weighted by Gasteiger charge is -2.09. The molecule has 0 aromatic heterocycles. The second-order valence-electron chi connectivity index (χ2n) is 5.06. The molecule has 0 saturated heterocycles. The average molecular weight is 436 g/mol. The van der Waals surface area contributed by atoms with Gasteiger partial charge in [-0.3, -0.25) is 19.7 Å². The van der Waals surface area contributed by atoms with Crippen molar-refractivity contribution < 1.29 is 24.0 Å². The lowest BCUT2D eigenvalue weighted by Crippen LogP contribution is -2.18. The number of carbonyl (C=O) groups is 2. The minimum atomic E-state index is -0.692. The normalized spacial score (nSPS) is 10.5. The van der Waals surface area contributed by atoms with Crippen molar-refractivity contribution in [2.24, 2.45) is 5.10 Å². The molecule has 0 atom stereocenters. The van der Waals surface area contributed by atoms with Gasteiger partial charge in [-0.2, -0.15) is 5.10 Å². The summed E-state index contributed by atoms with van der Waals surface area (Å²) in [4.78, 5) is 34.0. The molecule has 0 bridgehead atoms. The third-order valence-electron chi connectivity index (χ3n) is 3.26. The van der Waals surface area contributed by atoms with E-state index >= 15 is 0 Å². The minimum Gasteiger partial charge on any atom is -0.488 e. The van der Waals surface area contributed by atoms with Crippen LogP contribution in [0.1, 0.15) is 22.8 Å². The van der Waals surface area contributed by atoms with Crippen LogP contribution in [-0.4, -0.2) is 30.1 Å². The Bertz CT molecular complexity index is 929. The summed E-state index contributed by atoms with van der Waals surface area (Å²) in [6.07, 6.45) is 1.10. The molecule has 2 rings (SSSR count). The third-order valence-corrected chi connectivity index (χ3v) is 3.95. The topological polar surface area (TPSA) is 120 Å². The van der Waals surface area contributed by atoms with Crippen molar-refractivity contribution >= 4 is 39.7 Å². The molecule has 2 aromatic carbocycles. The van der Waals surface area contributed by atoms with E-state index in [9.17, 15) is 19.7 Å². The van der Waals surface area contributed by atoms with Crippen LogP contribution in [0.15, 0.2) is 46.0 Å². The van der Waals surface area contributed by atoms with Gasteiger partial charge in [0.1, 0.15) is 0 Å². The summed E-state index contributed by atoms with van der Waals surface area (Å²) in [7, 11) is 1.21. The fraction of sp³-hybridized carbons (Fsp3) is 0.118. The highest BCUT2D eigenvalue weighted by Gasteiger charge is 2.25. The van der Waals surface area contributed by atoms with Crippen LogP contribution >= 0.6 is 15.9 Å². The van der Waals surface area contributed by atoms with Crippen molar-refractivity contribution in [2.75, 3.05) is 7.11 Å². The van der Waals surface area contributed by atoms with Crippen LogP contribution in [0.25, 0.3) is 0 Å². The Kier molecular flexibility index (Phi) is 6.61. The molecule has 140 valence electrons. The molecular formula is C17H14BrN3O6.